The first-order chi connectivity index (χ1) is 11.6. The minimum absolute atomic E-state index is 0.0911. The number of hydrogen-bond acceptors (Lipinski definition) is 3. The summed E-state index contributed by atoms with van der Waals surface area (Å²) in [6.45, 7) is 5.58. The lowest BCUT2D eigenvalue weighted by Crippen LogP contribution is -2.42. The molecule has 0 amide bonds. The van der Waals surface area contributed by atoms with Crippen LogP contribution in [-0.4, -0.2) is 19.7 Å². The van der Waals surface area contributed by atoms with Gasteiger partial charge in [-0.1, -0.05) is 41.9 Å². The van der Waals surface area contributed by atoms with Gasteiger partial charge in [-0.05, 0) is 66.4 Å². The Hall–Kier alpha value is -1.37. The number of hydrogen-bond donors (Lipinski definition) is 0. The predicted octanol–water partition coefficient (Wildman–Crippen LogP) is 4.92. The van der Waals surface area contributed by atoms with E-state index in [1.807, 2.05) is 12.1 Å². The van der Waals surface area contributed by atoms with Gasteiger partial charge in [0.25, 0.3) is 10.0 Å². The zero-order chi connectivity index (χ0) is 18.8. The summed E-state index contributed by atoms with van der Waals surface area (Å²) in [5.74, 6) is 0.317. The number of halogens is 2. The average Bonchev–Trinajstić information content (AvgIpc) is 2.55. The van der Waals surface area contributed by atoms with E-state index in [1.54, 1.807) is 24.3 Å². The molecule has 0 heterocycles. The third-order valence-electron chi connectivity index (χ3n) is 3.86. The molecule has 0 bridgehead atoms. The van der Waals surface area contributed by atoms with Crippen LogP contribution in [0.4, 0.5) is 5.69 Å². The van der Waals surface area contributed by atoms with Crippen molar-refractivity contribution in [2.75, 3.05) is 4.31 Å². The van der Waals surface area contributed by atoms with Crippen LogP contribution in [0.15, 0.2) is 57.9 Å². The Bertz CT molecular complexity index is 849. The molecule has 25 heavy (non-hydrogen) atoms. The van der Waals surface area contributed by atoms with Crippen molar-refractivity contribution in [3.8, 4) is 0 Å². The van der Waals surface area contributed by atoms with Crippen LogP contribution in [-0.2, 0) is 14.8 Å². The normalized spacial score (nSPS) is 12.9. The predicted molar refractivity (Wildman–Crippen MR) is 105 cm³/mol. The number of nitrogens with zero attached hydrogens (tertiary/aromatic N) is 1. The Labute approximate surface area is 162 Å². The van der Waals surface area contributed by atoms with Crippen molar-refractivity contribution in [1.82, 2.24) is 0 Å². The van der Waals surface area contributed by atoms with Gasteiger partial charge in [-0.15, -0.1) is 0 Å². The molecule has 0 saturated carbocycles. The van der Waals surface area contributed by atoms with Crippen LogP contribution in [0.3, 0.4) is 0 Å². The molecule has 0 saturated heterocycles. The summed E-state index contributed by atoms with van der Waals surface area (Å²) >= 11 is 8.90. The fourth-order valence-electron chi connectivity index (χ4n) is 2.39. The first-order valence-electron chi connectivity index (χ1n) is 7.74. The van der Waals surface area contributed by atoms with Crippen LogP contribution in [0.5, 0.6) is 0 Å². The molecule has 0 aliphatic rings. The van der Waals surface area contributed by atoms with E-state index in [1.165, 1.54) is 19.1 Å². The number of anilines is 1. The summed E-state index contributed by atoms with van der Waals surface area (Å²) in [6, 6.07) is 12.3. The largest absolute Gasteiger partial charge is 0.279 e. The van der Waals surface area contributed by atoms with Crippen LogP contribution >= 0.6 is 27.5 Å². The molecule has 134 valence electrons. The van der Waals surface area contributed by atoms with E-state index < -0.39 is 21.3 Å². The number of sulfonamides is 1. The molecule has 0 N–H and O–H groups in total. The van der Waals surface area contributed by atoms with Crippen LogP contribution in [0.2, 0.25) is 0 Å². The number of carbonyl (C=O) groups excluding carboxylic acids is 1. The molecule has 7 heteroatoms. The topological polar surface area (TPSA) is 54.5 Å². The van der Waals surface area contributed by atoms with Crippen LogP contribution in [0.1, 0.15) is 32.3 Å². The monoisotopic (exact) mass is 443 g/mol. The van der Waals surface area contributed by atoms with Crippen molar-refractivity contribution >= 4 is 48.5 Å². The maximum Gasteiger partial charge on any atom is 0.265 e. The first kappa shape index (κ1) is 19.9. The summed E-state index contributed by atoms with van der Waals surface area (Å²) < 4.78 is 28.0. The lowest BCUT2D eigenvalue weighted by atomic mass is 10.0. The van der Waals surface area contributed by atoms with Crippen LogP contribution in [0.25, 0.3) is 0 Å². The highest BCUT2D eigenvalue weighted by atomic mass is 79.9. The van der Waals surface area contributed by atoms with Gasteiger partial charge in [0.2, 0.25) is 5.24 Å². The van der Waals surface area contributed by atoms with Crippen molar-refractivity contribution in [2.45, 2.75) is 37.6 Å². The minimum Gasteiger partial charge on any atom is -0.279 e. The van der Waals surface area contributed by atoms with Gasteiger partial charge >= 0.3 is 0 Å². The second-order valence-corrected chi connectivity index (χ2v) is 9.08. The smallest absolute Gasteiger partial charge is 0.265 e. The Kier molecular flexibility index (Phi) is 6.30. The maximum absolute atomic E-state index is 13.1. The summed E-state index contributed by atoms with van der Waals surface area (Å²) in [7, 11) is -3.94. The highest BCUT2D eigenvalue weighted by Gasteiger charge is 2.32. The highest BCUT2D eigenvalue weighted by Crippen LogP contribution is 2.29. The molecule has 2 aromatic carbocycles. The van der Waals surface area contributed by atoms with E-state index in [9.17, 15) is 13.2 Å². The van der Waals surface area contributed by atoms with Gasteiger partial charge < -0.3 is 0 Å². The molecular formula is C18H19BrClNO3S. The zero-order valence-electron chi connectivity index (χ0n) is 14.1. The third kappa shape index (κ3) is 4.43. The molecule has 1 atom stereocenters. The third-order valence-corrected chi connectivity index (χ3v) is 6.62. The molecule has 0 spiro atoms. The van der Waals surface area contributed by atoms with Gasteiger partial charge in [0.15, 0.2) is 0 Å². The molecule has 0 fully saturated rings. The van der Waals surface area contributed by atoms with E-state index in [-0.39, 0.29) is 4.90 Å². The Morgan fingerprint density at radius 1 is 1.00 bits per heavy atom. The minimum atomic E-state index is -3.94. The molecule has 4 nitrogen and oxygen atoms in total. The van der Waals surface area contributed by atoms with Gasteiger partial charge in [-0.25, -0.2) is 8.42 Å². The van der Waals surface area contributed by atoms with Gasteiger partial charge in [0.05, 0.1) is 10.6 Å². The van der Waals surface area contributed by atoms with E-state index in [0.29, 0.717) is 11.6 Å². The number of carbonyl (C=O) groups is 1. The molecule has 0 aliphatic carbocycles. The Morgan fingerprint density at radius 3 is 1.96 bits per heavy atom. The molecule has 0 aromatic heterocycles. The second-order valence-electron chi connectivity index (χ2n) is 5.98. The molecule has 2 rings (SSSR count). The van der Waals surface area contributed by atoms with Crippen molar-refractivity contribution < 1.29 is 13.2 Å². The van der Waals surface area contributed by atoms with Crippen molar-refractivity contribution in [2.24, 2.45) is 0 Å². The summed E-state index contributed by atoms with van der Waals surface area (Å²) in [4.78, 5) is 11.8. The second kappa shape index (κ2) is 7.89. The van der Waals surface area contributed by atoms with Crippen molar-refractivity contribution in [3.63, 3.8) is 0 Å². The van der Waals surface area contributed by atoms with Gasteiger partial charge in [0, 0.05) is 4.47 Å². The molecule has 0 aliphatic heterocycles. The fourth-order valence-corrected chi connectivity index (χ4v) is 4.43. The van der Waals surface area contributed by atoms with E-state index >= 15 is 0 Å². The van der Waals surface area contributed by atoms with E-state index in [0.717, 1.165) is 14.3 Å². The summed E-state index contributed by atoms with van der Waals surface area (Å²) in [5.41, 5.74) is 1.48. The van der Waals surface area contributed by atoms with Gasteiger partial charge in [-0.3, -0.25) is 9.10 Å². The summed E-state index contributed by atoms with van der Waals surface area (Å²) in [5, 5.41) is -0.742. The lowest BCUT2D eigenvalue weighted by molar-refractivity contribution is -0.112. The maximum atomic E-state index is 13.1. The fraction of sp³-hybridized carbons (Fsp3) is 0.278. The van der Waals surface area contributed by atoms with Crippen LogP contribution < -0.4 is 4.31 Å². The average molecular weight is 445 g/mol. The van der Waals surface area contributed by atoms with E-state index in [2.05, 4.69) is 29.8 Å². The lowest BCUT2D eigenvalue weighted by Gasteiger charge is -2.28. The van der Waals surface area contributed by atoms with Gasteiger partial charge in [0.1, 0.15) is 6.04 Å². The summed E-state index contributed by atoms with van der Waals surface area (Å²) in [6.07, 6.45) is 0. The van der Waals surface area contributed by atoms with Crippen molar-refractivity contribution in [3.05, 3.63) is 58.6 Å². The SMILES string of the molecule is CC(C)c1ccc(N(C(C)C(=O)Cl)S(=O)(=O)c2ccc(Br)cc2)cc1. The number of benzene rings is 2. The number of rotatable bonds is 6. The quantitative estimate of drug-likeness (QED) is 0.594. The molecule has 0 radical (unpaired) electrons. The first-order valence-corrected chi connectivity index (χ1v) is 10.3. The Morgan fingerprint density at radius 2 is 1.52 bits per heavy atom. The van der Waals surface area contributed by atoms with E-state index in [4.69, 9.17) is 11.6 Å². The molecule has 2 aromatic rings. The zero-order valence-corrected chi connectivity index (χ0v) is 17.3. The molecule has 1 unspecified atom stereocenters. The highest BCUT2D eigenvalue weighted by molar-refractivity contribution is 9.10. The van der Waals surface area contributed by atoms with Crippen LogP contribution in [0, 0.1) is 0 Å². The molecular weight excluding hydrogens is 426 g/mol. The standard InChI is InChI=1S/C18H19BrClNO3S/c1-12(2)14-4-8-16(9-5-14)21(13(3)18(20)22)25(23,24)17-10-6-15(19)7-11-17/h4-13H,1-3H3. The Balaban J connectivity index is 2.56. The van der Waals surface area contributed by atoms with Crippen molar-refractivity contribution in [1.29, 1.82) is 0 Å². The van der Waals surface area contributed by atoms with Gasteiger partial charge in [-0.2, -0.15) is 0 Å².